The van der Waals surface area contributed by atoms with Gasteiger partial charge in [-0.25, -0.2) is 0 Å². The summed E-state index contributed by atoms with van der Waals surface area (Å²) in [6.45, 7) is 0. The van der Waals surface area contributed by atoms with Crippen LogP contribution in [-0.4, -0.2) is 12.1 Å². The highest BCUT2D eigenvalue weighted by Gasteiger charge is 2.17. The van der Waals surface area contributed by atoms with Crippen LogP contribution in [0.5, 0.6) is 0 Å². The van der Waals surface area contributed by atoms with Gasteiger partial charge in [0.05, 0.1) is 6.04 Å². The summed E-state index contributed by atoms with van der Waals surface area (Å²) in [5.41, 5.74) is 5.61. The van der Waals surface area contributed by atoms with E-state index in [1.165, 1.54) is 0 Å². The summed E-state index contributed by atoms with van der Waals surface area (Å²) in [6, 6.07) is 0.382. The highest BCUT2D eigenvalue weighted by atomic mass is 16.3. The van der Waals surface area contributed by atoms with E-state index in [9.17, 15) is 4.91 Å². The van der Waals surface area contributed by atoms with Crippen molar-refractivity contribution in [3.8, 4) is 0 Å². The minimum Gasteiger partial charge on any atom is -0.328 e. The highest BCUT2D eigenvalue weighted by molar-refractivity contribution is 4.77. The maximum Gasteiger partial charge on any atom is 0.0920 e. The Morgan fingerprint density at radius 1 is 1.22 bits per heavy atom. The number of hydrogen-bond acceptors (Lipinski definition) is 3. The van der Waals surface area contributed by atoms with E-state index in [0.29, 0.717) is 6.04 Å². The lowest BCUT2D eigenvalue weighted by molar-refractivity contribution is 0.394. The average Bonchev–Trinajstić information content (AvgIpc) is 1.90. The fraction of sp³-hybridized carbons (Fsp3) is 1.00. The van der Waals surface area contributed by atoms with Crippen LogP contribution in [0.15, 0.2) is 5.18 Å². The van der Waals surface area contributed by atoms with Gasteiger partial charge in [-0.3, -0.25) is 0 Å². The van der Waals surface area contributed by atoms with Crippen LogP contribution in [0.2, 0.25) is 0 Å². The Bertz CT molecular complexity index is 97.2. The topological polar surface area (TPSA) is 55.4 Å². The molecule has 0 radical (unpaired) electrons. The summed E-state index contributed by atoms with van der Waals surface area (Å²) in [5.74, 6) is 0. The quantitative estimate of drug-likeness (QED) is 0.536. The van der Waals surface area contributed by atoms with E-state index >= 15 is 0 Å². The zero-order valence-corrected chi connectivity index (χ0v) is 5.42. The molecule has 3 nitrogen and oxygen atoms in total. The number of nitrogens with two attached hydrogens (primary N) is 1. The van der Waals surface area contributed by atoms with Crippen LogP contribution in [0.25, 0.3) is 0 Å². The molecule has 0 amide bonds. The van der Waals surface area contributed by atoms with E-state index in [1.807, 2.05) is 0 Å². The third kappa shape index (κ3) is 1.75. The Kier molecular flexibility index (Phi) is 2.16. The minimum atomic E-state index is 0.0600. The molecular weight excluding hydrogens is 116 g/mol. The van der Waals surface area contributed by atoms with E-state index < -0.39 is 0 Å². The van der Waals surface area contributed by atoms with Crippen molar-refractivity contribution < 1.29 is 0 Å². The second kappa shape index (κ2) is 2.92. The molecule has 1 saturated carbocycles. The molecular formula is C6H12N2O. The molecule has 1 aliphatic rings. The molecule has 1 aliphatic carbocycles. The largest absolute Gasteiger partial charge is 0.328 e. The Balaban J connectivity index is 2.26. The third-order valence-corrected chi connectivity index (χ3v) is 1.89. The first-order valence-electron chi connectivity index (χ1n) is 3.41. The first-order chi connectivity index (χ1) is 4.33. The number of nitrogens with zero attached hydrogens (tertiary/aromatic N) is 1. The summed E-state index contributed by atoms with van der Waals surface area (Å²) in [7, 11) is 0. The van der Waals surface area contributed by atoms with Crippen molar-refractivity contribution in [2.24, 2.45) is 10.9 Å². The second-order valence-corrected chi connectivity index (χ2v) is 2.67. The highest BCUT2D eigenvalue weighted by Crippen LogP contribution is 2.18. The van der Waals surface area contributed by atoms with E-state index in [1.54, 1.807) is 0 Å². The summed E-state index contributed by atoms with van der Waals surface area (Å²) >= 11 is 0. The van der Waals surface area contributed by atoms with Crippen LogP contribution in [0, 0.1) is 4.91 Å². The first kappa shape index (κ1) is 6.68. The van der Waals surface area contributed by atoms with Gasteiger partial charge in [0.2, 0.25) is 0 Å². The van der Waals surface area contributed by atoms with Crippen molar-refractivity contribution in [2.45, 2.75) is 37.8 Å². The van der Waals surface area contributed by atoms with Crippen molar-refractivity contribution in [1.82, 2.24) is 0 Å². The molecule has 0 saturated heterocycles. The molecule has 3 heteroatoms. The maximum atomic E-state index is 9.98. The lowest BCUT2D eigenvalue weighted by atomic mass is 9.92. The predicted octanol–water partition coefficient (Wildman–Crippen LogP) is 1.02. The van der Waals surface area contributed by atoms with E-state index in [-0.39, 0.29) is 6.04 Å². The molecule has 0 bridgehead atoms. The molecule has 0 aromatic rings. The summed E-state index contributed by atoms with van der Waals surface area (Å²) < 4.78 is 0. The zero-order chi connectivity index (χ0) is 6.69. The van der Waals surface area contributed by atoms with Gasteiger partial charge < -0.3 is 5.73 Å². The van der Waals surface area contributed by atoms with Gasteiger partial charge in [-0.05, 0) is 25.7 Å². The molecule has 1 rings (SSSR count). The van der Waals surface area contributed by atoms with Gasteiger partial charge in [0.1, 0.15) is 0 Å². The molecule has 9 heavy (non-hydrogen) atoms. The van der Waals surface area contributed by atoms with Crippen molar-refractivity contribution in [3.05, 3.63) is 4.91 Å². The Morgan fingerprint density at radius 3 is 2.22 bits per heavy atom. The molecule has 0 unspecified atom stereocenters. The zero-order valence-electron chi connectivity index (χ0n) is 5.42. The molecule has 0 spiro atoms. The number of rotatable bonds is 1. The van der Waals surface area contributed by atoms with E-state index in [4.69, 9.17) is 5.73 Å². The normalized spacial score (nSPS) is 36.1. The molecule has 2 N–H and O–H groups in total. The summed E-state index contributed by atoms with van der Waals surface area (Å²) in [4.78, 5) is 9.98. The maximum absolute atomic E-state index is 9.98. The van der Waals surface area contributed by atoms with Crippen LogP contribution < -0.4 is 5.73 Å². The fourth-order valence-corrected chi connectivity index (χ4v) is 1.21. The van der Waals surface area contributed by atoms with Gasteiger partial charge in [0.25, 0.3) is 0 Å². The molecule has 0 atom stereocenters. The van der Waals surface area contributed by atoms with Crippen molar-refractivity contribution in [1.29, 1.82) is 0 Å². The third-order valence-electron chi connectivity index (χ3n) is 1.89. The Hall–Kier alpha value is -0.440. The van der Waals surface area contributed by atoms with E-state index in [0.717, 1.165) is 25.7 Å². The van der Waals surface area contributed by atoms with Crippen LogP contribution in [-0.2, 0) is 0 Å². The van der Waals surface area contributed by atoms with Gasteiger partial charge in [-0.2, -0.15) is 4.91 Å². The van der Waals surface area contributed by atoms with Gasteiger partial charge in [0.15, 0.2) is 0 Å². The van der Waals surface area contributed by atoms with Crippen LogP contribution in [0.1, 0.15) is 25.7 Å². The lowest BCUT2D eigenvalue weighted by Crippen LogP contribution is -2.27. The van der Waals surface area contributed by atoms with Gasteiger partial charge in [-0.1, -0.05) is 5.18 Å². The standard InChI is InChI=1S/C6H12N2O/c7-5-1-3-6(8-9)4-2-5/h5-6H,1-4,7H2/t5-,6-. The molecule has 1 fully saturated rings. The minimum absolute atomic E-state index is 0.0600. The molecule has 0 aromatic heterocycles. The molecule has 52 valence electrons. The molecule has 0 aliphatic heterocycles. The smallest absolute Gasteiger partial charge is 0.0920 e. The molecule has 0 aromatic carbocycles. The van der Waals surface area contributed by atoms with Gasteiger partial charge in [0, 0.05) is 6.04 Å². The second-order valence-electron chi connectivity index (χ2n) is 2.67. The first-order valence-corrected chi connectivity index (χ1v) is 3.41. The summed E-state index contributed by atoms with van der Waals surface area (Å²) in [6.07, 6.45) is 3.72. The molecule has 0 heterocycles. The number of hydrogen-bond donors (Lipinski definition) is 1. The Morgan fingerprint density at radius 2 is 1.78 bits per heavy atom. The van der Waals surface area contributed by atoms with E-state index in [2.05, 4.69) is 5.18 Å². The summed E-state index contributed by atoms with van der Waals surface area (Å²) in [5, 5.41) is 2.98. The van der Waals surface area contributed by atoms with Crippen LogP contribution in [0.4, 0.5) is 0 Å². The SMILES string of the molecule is N[C@H]1CC[C@H](N=O)CC1. The predicted molar refractivity (Wildman–Crippen MR) is 36.0 cm³/mol. The van der Waals surface area contributed by atoms with Crippen LogP contribution in [0.3, 0.4) is 0 Å². The van der Waals surface area contributed by atoms with Crippen LogP contribution >= 0.6 is 0 Å². The van der Waals surface area contributed by atoms with Crippen molar-refractivity contribution in [3.63, 3.8) is 0 Å². The lowest BCUT2D eigenvalue weighted by Gasteiger charge is -2.20. The average molecular weight is 128 g/mol. The van der Waals surface area contributed by atoms with Crippen molar-refractivity contribution >= 4 is 0 Å². The fourth-order valence-electron chi connectivity index (χ4n) is 1.21. The van der Waals surface area contributed by atoms with Gasteiger partial charge >= 0.3 is 0 Å². The van der Waals surface area contributed by atoms with Gasteiger partial charge in [-0.15, -0.1) is 0 Å². The van der Waals surface area contributed by atoms with Crippen molar-refractivity contribution in [2.75, 3.05) is 0 Å². The monoisotopic (exact) mass is 128 g/mol. The number of nitroso groups, excluding NO2 is 1. The Labute approximate surface area is 54.6 Å².